The number of hydrogen-bond acceptors (Lipinski definition) is 0. The first-order valence-corrected chi connectivity index (χ1v) is 9.35. The van der Waals surface area contributed by atoms with Gasteiger partial charge in [-0.05, 0) is 0 Å². The normalized spacial score (nSPS) is 11.8. The summed E-state index contributed by atoms with van der Waals surface area (Å²) in [4.78, 5) is 2.39. The number of hydrogen-bond donors (Lipinski definition) is 0. The third-order valence-corrected chi connectivity index (χ3v) is 8.76. The Hall–Kier alpha value is 0.729. The standard InChI is InChI=1S/C10H11ISe2/c1-8-3-5-9(6-4-8)13-7-10(11)12-2/h3-7H,1-2H3/b10-7-. The predicted octanol–water partition coefficient (Wildman–Crippen LogP) is 2.31. The molecule has 3 heteroatoms. The molecule has 0 radical (unpaired) electrons. The van der Waals surface area contributed by atoms with Crippen molar-refractivity contribution in [3.63, 3.8) is 0 Å². The summed E-state index contributed by atoms with van der Waals surface area (Å²) in [5.74, 6) is 2.26. The van der Waals surface area contributed by atoms with Crippen LogP contribution >= 0.6 is 22.6 Å². The number of benzene rings is 1. The minimum atomic E-state index is 0.530. The van der Waals surface area contributed by atoms with E-state index in [9.17, 15) is 0 Å². The molecule has 0 atom stereocenters. The van der Waals surface area contributed by atoms with Crippen molar-refractivity contribution in [1.29, 1.82) is 0 Å². The van der Waals surface area contributed by atoms with Crippen LogP contribution in [0.2, 0.25) is 5.82 Å². The van der Waals surface area contributed by atoms with E-state index < -0.39 is 0 Å². The molecule has 0 amide bonds. The molecule has 0 aliphatic heterocycles. The second-order valence-electron chi connectivity index (χ2n) is 2.56. The van der Waals surface area contributed by atoms with Crippen molar-refractivity contribution in [2.75, 3.05) is 0 Å². The summed E-state index contributed by atoms with van der Waals surface area (Å²) >= 11 is 3.65. The molecule has 1 aromatic carbocycles. The maximum atomic E-state index is 2.44. The van der Waals surface area contributed by atoms with Gasteiger partial charge in [-0.1, -0.05) is 0 Å². The van der Waals surface area contributed by atoms with Crippen LogP contribution in [0.15, 0.2) is 31.7 Å². The monoisotopic (exact) mass is 418 g/mol. The van der Waals surface area contributed by atoms with E-state index in [2.05, 4.69) is 64.6 Å². The molecule has 0 spiro atoms. The Morgan fingerprint density at radius 3 is 2.46 bits per heavy atom. The molecular formula is C10H11ISe2. The quantitative estimate of drug-likeness (QED) is 0.525. The third-order valence-electron chi connectivity index (χ3n) is 1.50. The van der Waals surface area contributed by atoms with E-state index in [1.165, 1.54) is 12.5 Å². The van der Waals surface area contributed by atoms with E-state index in [0.29, 0.717) is 29.9 Å². The van der Waals surface area contributed by atoms with E-state index >= 15 is 0 Å². The van der Waals surface area contributed by atoms with E-state index in [-0.39, 0.29) is 0 Å². The van der Waals surface area contributed by atoms with Gasteiger partial charge in [-0.3, -0.25) is 0 Å². The molecule has 0 N–H and O–H groups in total. The van der Waals surface area contributed by atoms with Gasteiger partial charge in [0.2, 0.25) is 0 Å². The van der Waals surface area contributed by atoms with Gasteiger partial charge in [-0.15, -0.1) is 0 Å². The topological polar surface area (TPSA) is 0 Å². The Kier molecular flexibility index (Phi) is 5.68. The van der Waals surface area contributed by atoms with Gasteiger partial charge in [0.25, 0.3) is 0 Å². The van der Waals surface area contributed by atoms with Crippen LogP contribution in [0.5, 0.6) is 0 Å². The van der Waals surface area contributed by atoms with Crippen molar-refractivity contribution in [3.8, 4) is 0 Å². The Morgan fingerprint density at radius 2 is 1.92 bits per heavy atom. The van der Waals surface area contributed by atoms with Crippen LogP contribution in [-0.2, 0) is 0 Å². The second-order valence-corrected chi connectivity index (χ2v) is 9.12. The molecule has 0 aromatic heterocycles. The molecule has 0 nitrogen and oxygen atoms in total. The molecule has 0 bridgehead atoms. The fraction of sp³-hybridized carbons (Fsp3) is 0.200. The van der Waals surface area contributed by atoms with Crippen molar-refractivity contribution in [3.05, 3.63) is 37.3 Å². The summed E-state index contributed by atoms with van der Waals surface area (Å²) in [7, 11) is 0. The molecule has 1 rings (SSSR count). The molecule has 0 heterocycles. The van der Waals surface area contributed by atoms with Crippen molar-refractivity contribution >= 4 is 57.0 Å². The molecule has 0 saturated heterocycles. The van der Waals surface area contributed by atoms with Crippen LogP contribution in [0.4, 0.5) is 0 Å². The van der Waals surface area contributed by atoms with Gasteiger partial charge in [0.15, 0.2) is 0 Å². The fourth-order valence-electron chi connectivity index (χ4n) is 0.779. The Bertz CT molecular complexity index is 290. The van der Waals surface area contributed by atoms with Crippen LogP contribution in [0, 0.1) is 6.92 Å². The van der Waals surface area contributed by atoms with Crippen LogP contribution in [0.3, 0.4) is 0 Å². The van der Waals surface area contributed by atoms with Gasteiger partial charge in [-0.2, -0.15) is 0 Å². The SMILES string of the molecule is C[Se]/C(I)=C\[Se]c1ccc(C)cc1. The molecular weight excluding hydrogens is 405 g/mol. The zero-order valence-corrected chi connectivity index (χ0v) is 13.2. The first kappa shape index (κ1) is 11.8. The van der Waals surface area contributed by atoms with E-state index in [0.717, 1.165) is 0 Å². The van der Waals surface area contributed by atoms with Gasteiger partial charge in [0.05, 0.1) is 0 Å². The molecule has 0 unspecified atom stereocenters. The first-order valence-electron chi connectivity index (χ1n) is 3.85. The number of rotatable bonds is 3. The number of aryl methyl sites for hydroxylation is 1. The summed E-state index contributed by atoms with van der Waals surface area (Å²) in [5.41, 5.74) is 1.35. The van der Waals surface area contributed by atoms with Gasteiger partial charge >= 0.3 is 107 Å². The summed E-state index contributed by atoms with van der Waals surface area (Å²) < 4.78 is 3.00. The zero-order chi connectivity index (χ0) is 9.68. The molecule has 0 aliphatic rings. The van der Waals surface area contributed by atoms with Crippen molar-refractivity contribution in [2.24, 2.45) is 0 Å². The van der Waals surface area contributed by atoms with Gasteiger partial charge in [0, 0.05) is 0 Å². The van der Waals surface area contributed by atoms with Crippen molar-refractivity contribution < 1.29 is 0 Å². The summed E-state index contributed by atoms with van der Waals surface area (Å²) in [6.45, 7) is 2.13. The molecule has 1 aromatic rings. The summed E-state index contributed by atoms with van der Waals surface area (Å²) in [5, 5.41) is 0. The average Bonchev–Trinajstić information content (AvgIpc) is 2.16. The summed E-state index contributed by atoms with van der Waals surface area (Å²) in [6.07, 6.45) is 0. The Labute approximate surface area is 106 Å². The van der Waals surface area contributed by atoms with Crippen LogP contribution in [0.1, 0.15) is 5.56 Å². The van der Waals surface area contributed by atoms with Gasteiger partial charge in [-0.25, -0.2) is 0 Å². The Balaban J connectivity index is 2.60. The first-order chi connectivity index (χ1) is 6.22. The zero-order valence-electron chi connectivity index (χ0n) is 7.58. The van der Waals surface area contributed by atoms with Gasteiger partial charge < -0.3 is 0 Å². The maximum absolute atomic E-state index is 2.44. The van der Waals surface area contributed by atoms with Gasteiger partial charge in [0.1, 0.15) is 0 Å². The van der Waals surface area contributed by atoms with Crippen LogP contribution in [0.25, 0.3) is 0 Å². The minimum absolute atomic E-state index is 0.530. The van der Waals surface area contributed by atoms with E-state index in [1.54, 1.807) is 0 Å². The van der Waals surface area contributed by atoms with Crippen LogP contribution in [-0.4, -0.2) is 29.9 Å². The fourth-order valence-corrected chi connectivity index (χ4v) is 4.31. The number of halogens is 1. The summed E-state index contributed by atoms with van der Waals surface area (Å²) in [6, 6.07) is 8.85. The van der Waals surface area contributed by atoms with E-state index in [4.69, 9.17) is 0 Å². The van der Waals surface area contributed by atoms with Crippen molar-refractivity contribution in [1.82, 2.24) is 0 Å². The Morgan fingerprint density at radius 1 is 1.31 bits per heavy atom. The molecule has 0 aliphatic carbocycles. The second kappa shape index (κ2) is 6.26. The predicted molar refractivity (Wildman–Crippen MR) is 70.3 cm³/mol. The average molecular weight is 416 g/mol. The molecule has 13 heavy (non-hydrogen) atoms. The third kappa shape index (κ3) is 4.66. The molecule has 70 valence electrons. The van der Waals surface area contributed by atoms with Crippen molar-refractivity contribution in [2.45, 2.75) is 12.7 Å². The van der Waals surface area contributed by atoms with Crippen LogP contribution < -0.4 is 4.46 Å². The molecule has 0 fully saturated rings. The molecule has 0 saturated carbocycles. The van der Waals surface area contributed by atoms with E-state index in [1.807, 2.05) is 0 Å².